The van der Waals surface area contributed by atoms with E-state index in [4.69, 9.17) is 4.74 Å². The van der Waals surface area contributed by atoms with Crippen molar-refractivity contribution in [2.45, 2.75) is 12.5 Å². The third-order valence-electron chi connectivity index (χ3n) is 2.78. The first-order valence-electron chi connectivity index (χ1n) is 4.72. The highest BCUT2D eigenvalue weighted by atomic mass is 79.9. The maximum Gasteiger partial charge on any atom is 0.328 e. The van der Waals surface area contributed by atoms with Crippen molar-refractivity contribution >= 4 is 27.6 Å². The van der Waals surface area contributed by atoms with Gasteiger partial charge in [0.1, 0.15) is 6.04 Å². The number of esters is 1. The molecule has 1 aromatic carbocycles. The summed E-state index contributed by atoms with van der Waals surface area (Å²) in [6.07, 6.45) is 0.728. The Hall–Kier alpha value is -1.03. The second-order valence-corrected chi connectivity index (χ2v) is 4.54. The van der Waals surface area contributed by atoms with E-state index in [1.165, 1.54) is 12.7 Å². The highest BCUT2D eigenvalue weighted by Gasteiger charge is 2.32. The van der Waals surface area contributed by atoms with Crippen molar-refractivity contribution in [1.29, 1.82) is 0 Å². The zero-order valence-electron chi connectivity index (χ0n) is 8.66. The topological polar surface area (TPSA) is 29.5 Å². The van der Waals surface area contributed by atoms with Gasteiger partial charge in [0.15, 0.2) is 0 Å². The molecule has 0 saturated heterocycles. The van der Waals surface area contributed by atoms with E-state index < -0.39 is 0 Å². The predicted octanol–water partition coefficient (Wildman–Crippen LogP) is 1.98. The van der Waals surface area contributed by atoms with Crippen LogP contribution < -0.4 is 4.90 Å². The lowest BCUT2D eigenvalue weighted by Gasteiger charge is -2.20. The molecule has 1 aromatic rings. The number of halogens is 1. The SMILES string of the molecule is COC(=O)C1Cc2ccc(Br)cc2N1C. The minimum absolute atomic E-state index is 0.176. The van der Waals surface area contributed by atoms with Crippen molar-refractivity contribution in [3.8, 4) is 0 Å². The third-order valence-corrected chi connectivity index (χ3v) is 3.27. The maximum atomic E-state index is 11.5. The Bertz CT molecular complexity index is 406. The number of methoxy groups -OCH3 is 1. The number of anilines is 1. The summed E-state index contributed by atoms with van der Waals surface area (Å²) < 4.78 is 5.80. The van der Waals surface area contributed by atoms with Gasteiger partial charge in [0, 0.05) is 23.6 Å². The molecule has 0 radical (unpaired) electrons. The lowest BCUT2D eigenvalue weighted by molar-refractivity contribution is -0.141. The molecule has 2 rings (SSSR count). The average molecular weight is 270 g/mol. The lowest BCUT2D eigenvalue weighted by atomic mass is 10.1. The van der Waals surface area contributed by atoms with Crippen LogP contribution in [0.15, 0.2) is 22.7 Å². The standard InChI is InChI=1S/C11H12BrNO2/c1-13-9-6-8(12)4-3-7(9)5-10(13)11(14)15-2/h3-4,6,10H,5H2,1-2H3. The van der Waals surface area contributed by atoms with E-state index in [1.807, 2.05) is 30.1 Å². The Morgan fingerprint density at radius 3 is 3.00 bits per heavy atom. The molecule has 0 spiro atoms. The van der Waals surface area contributed by atoms with Gasteiger partial charge in [-0.05, 0) is 17.7 Å². The summed E-state index contributed by atoms with van der Waals surface area (Å²) in [6.45, 7) is 0. The summed E-state index contributed by atoms with van der Waals surface area (Å²) in [4.78, 5) is 13.5. The van der Waals surface area contributed by atoms with E-state index in [-0.39, 0.29) is 12.0 Å². The summed E-state index contributed by atoms with van der Waals surface area (Å²) in [5.74, 6) is -0.176. The molecule has 1 unspecified atom stereocenters. The van der Waals surface area contributed by atoms with Gasteiger partial charge in [-0.3, -0.25) is 0 Å². The van der Waals surface area contributed by atoms with E-state index >= 15 is 0 Å². The van der Waals surface area contributed by atoms with E-state index in [9.17, 15) is 4.79 Å². The first kappa shape index (κ1) is 10.5. The number of carbonyl (C=O) groups is 1. The Morgan fingerprint density at radius 2 is 2.33 bits per heavy atom. The fourth-order valence-corrected chi connectivity index (χ4v) is 2.28. The van der Waals surface area contributed by atoms with Crippen LogP contribution in [0.4, 0.5) is 5.69 Å². The summed E-state index contributed by atoms with van der Waals surface area (Å²) >= 11 is 3.42. The van der Waals surface area contributed by atoms with Crippen LogP contribution in [0.3, 0.4) is 0 Å². The van der Waals surface area contributed by atoms with Crippen molar-refractivity contribution in [3.05, 3.63) is 28.2 Å². The van der Waals surface area contributed by atoms with Crippen molar-refractivity contribution in [2.75, 3.05) is 19.1 Å². The molecule has 0 fully saturated rings. The molecule has 1 aliphatic heterocycles. The zero-order chi connectivity index (χ0) is 11.0. The summed E-state index contributed by atoms with van der Waals surface area (Å²) in [6, 6.07) is 5.88. The molecule has 0 aliphatic carbocycles. The zero-order valence-corrected chi connectivity index (χ0v) is 10.2. The van der Waals surface area contributed by atoms with Crippen molar-refractivity contribution in [2.24, 2.45) is 0 Å². The first-order valence-corrected chi connectivity index (χ1v) is 5.52. The number of hydrogen-bond acceptors (Lipinski definition) is 3. The van der Waals surface area contributed by atoms with E-state index in [0.29, 0.717) is 0 Å². The van der Waals surface area contributed by atoms with Gasteiger partial charge in [0.2, 0.25) is 0 Å². The second-order valence-electron chi connectivity index (χ2n) is 3.63. The summed E-state index contributed by atoms with van der Waals surface area (Å²) in [5.41, 5.74) is 2.29. The van der Waals surface area contributed by atoms with Crippen LogP contribution in [0.5, 0.6) is 0 Å². The van der Waals surface area contributed by atoms with Gasteiger partial charge in [0.25, 0.3) is 0 Å². The Kier molecular flexibility index (Phi) is 2.69. The van der Waals surface area contributed by atoms with Gasteiger partial charge in [-0.25, -0.2) is 4.79 Å². The lowest BCUT2D eigenvalue weighted by Crippen LogP contribution is -2.36. The van der Waals surface area contributed by atoms with Crippen LogP contribution in [-0.4, -0.2) is 26.2 Å². The maximum absolute atomic E-state index is 11.5. The van der Waals surface area contributed by atoms with Crippen LogP contribution >= 0.6 is 15.9 Å². The Morgan fingerprint density at radius 1 is 1.60 bits per heavy atom. The van der Waals surface area contributed by atoms with Crippen LogP contribution in [0.2, 0.25) is 0 Å². The number of nitrogens with zero attached hydrogens (tertiary/aromatic N) is 1. The molecule has 0 amide bonds. The van der Waals surface area contributed by atoms with E-state index in [1.54, 1.807) is 0 Å². The van der Waals surface area contributed by atoms with Crippen LogP contribution in [-0.2, 0) is 16.0 Å². The minimum atomic E-state index is -0.181. The van der Waals surface area contributed by atoms with Gasteiger partial charge >= 0.3 is 5.97 Å². The third kappa shape index (κ3) is 1.74. The van der Waals surface area contributed by atoms with Gasteiger partial charge in [-0.1, -0.05) is 22.0 Å². The molecular formula is C11H12BrNO2. The fraction of sp³-hybridized carbons (Fsp3) is 0.364. The number of likely N-dealkylation sites (N-methyl/N-ethyl adjacent to an activating group) is 1. The monoisotopic (exact) mass is 269 g/mol. The van der Waals surface area contributed by atoms with Crippen molar-refractivity contribution in [3.63, 3.8) is 0 Å². The summed E-state index contributed by atoms with van der Waals surface area (Å²) in [7, 11) is 3.34. The molecule has 0 aromatic heterocycles. The quantitative estimate of drug-likeness (QED) is 0.731. The normalized spacial score (nSPS) is 18.9. The molecule has 15 heavy (non-hydrogen) atoms. The van der Waals surface area contributed by atoms with E-state index in [2.05, 4.69) is 15.9 Å². The molecule has 3 nitrogen and oxygen atoms in total. The number of ether oxygens (including phenoxy) is 1. The number of benzene rings is 1. The molecule has 1 aliphatic rings. The van der Waals surface area contributed by atoms with Crippen molar-refractivity contribution < 1.29 is 9.53 Å². The van der Waals surface area contributed by atoms with Crippen molar-refractivity contribution in [1.82, 2.24) is 0 Å². The fourth-order valence-electron chi connectivity index (χ4n) is 1.93. The van der Waals surface area contributed by atoms with Crippen LogP contribution in [0.1, 0.15) is 5.56 Å². The largest absolute Gasteiger partial charge is 0.467 e. The molecule has 0 bridgehead atoms. The molecule has 4 heteroatoms. The van der Waals surface area contributed by atoms with E-state index in [0.717, 1.165) is 16.6 Å². The first-order chi connectivity index (χ1) is 7.13. The number of carbonyl (C=O) groups excluding carboxylic acids is 1. The molecule has 0 saturated carbocycles. The molecular weight excluding hydrogens is 258 g/mol. The van der Waals surface area contributed by atoms with Crippen LogP contribution in [0, 0.1) is 0 Å². The molecule has 80 valence electrons. The molecule has 1 heterocycles. The Labute approximate surface area is 97.2 Å². The number of rotatable bonds is 1. The highest BCUT2D eigenvalue weighted by molar-refractivity contribution is 9.10. The van der Waals surface area contributed by atoms with Gasteiger partial charge in [-0.15, -0.1) is 0 Å². The second kappa shape index (κ2) is 3.85. The van der Waals surface area contributed by atoms with Gasteiger partial charge < -0.3 is 9.64 Å². The average Bonchev–Trinajstić information content (AvgIpc) is 2.55. The molecule has 0 N–H and O–H groups in total. The smallest absolute Gasteiger partial charge is 0.328 e. The van der Waals surface area contributed by atoms with Gasteiger partial charge in [0.05, 0.1) is 7.11 Å². The predicted molar refractivity (Wildman–Crippen MR) is 62.1 cm³/mol. The highest BCUT2D eigenvalue weighted by Crippen LogP contribution is 2.33. The van der Waals surface area contributed by atoms with Crippen LogP contribution in [0.25, 0.3) is 0 Å². The number of hydrogen-bond donors (Lipinski definition) is 0. The minimum Gasteiger partial charge on any atom is -0.467 e. The Balaban J connectivity index is 2.33. The molecule has 1 atom stereocenters. The number of fused-ring (bicyclic) bond motifs is 1. The summed E-state index contributed by atoms with van der Waals surface area (Å²) in [5, 5.41) is 0. The van der Waals surface area contributed by atoms with Gasteiger partial charge in [-0.2, -0.15) is 0 Å².